The minimum atomic E-state index is -0.518. The molecule has 0 radical (unpaired) electrons. The van der Waals surface area contributed by atoms with Gasteiger partial charge in [-0.3, -0.25) is 9.59 Å². The van der Waals surface area contributed by atoms with Gasteiger partial charge in [-0.1, -0.05) is 18.2 Å². The normalized spacial score (nSPS) is 14.9. The number of thiophene rings is 1. The Hall–Kier alpha value is -3.30. The number of benzene rings is 2. The molecule has 36 heavy (non-hydrogen) atoms. The van der Waals surface area contributed by atoms with Crippen LogP contribution in [0.25, 0.3) is 0 Å². The summed E-state index contributed by atoms with van der Waals surface area (Å²) in [7, 11) is 1.57. The van der Waals surface area contributed by atoms with Gasteiger partial charge in [0.1, 0.15) is 19.0 Å². The molecule has 1 aliphatic rings. The molecule has 0 bridgehead atoms. The van der Waals surface area contributed by atoms with Gasteiger partial charge in [-0.25, -0.2) is 8.78 Å². The Kier molecular flexibility index (Phi) is 8.66. The number of fused-ring (bicyclic) bond motifs is 1. The molecule has 0 aliphatic carbocycles. The van der Waals surface area contributed by atoms with E-state index < -0.39 is 23.6 Å². The van der Waals surface area contributed by atoms with Gasteiger partial charge in [-0.05, 0) is 60.2 Å². The fourth-order valence-corrected chi connectivity index (χ4v) is 5.24. The molecule has 1 aliphatic heterocycles. The lowest BCUT2D eigenvalue weighted by Crippen LogP contribution is -2.48. The van der Waals surface area contributed by atoms with Crippen molar-refractivity contribution in [2.24, 2.45) is 0 Å². The lowest BCUT2D eigenvalue weighted by Gasteiger charge is -2.37. The zero-order chi connectivity index (χ0) is 25.5. The molecule has 1 atom stereocenters. The lowest BCUT2D eigenvalue weighted by atomic mass is 10.0. The minimum absolute atomic E-state index is 0.0813. The molecule has 4 rings (SSSR count). The second kappa shape index (κ2) is 12.1. The van der Waals surface area contributed by atoms with Crippen molar-refractivity contribution in [1.29, 1.82) is 0 Å². The van der Waals surface area contributed by atoms with Gasteiger partial charge in [0, 0.05) is 37.2 Å². The van der Waals surface area contributed by atoms with Gasteiger partial charge in [0.2, 0.25) is 5.91 Å². The van der Waals surface area contributed by atoms with Crippen LogP contribution in [0.5, 0.6) is 5.75 Å². The van der Waals surface area contributed by atoms with E-state index in [1.807, 2.05) is 11.4 Å². The van der Waals surface area contributed by atoms with Crippen LogP contribution in [0.2, 0.25) is 0 Å². The topological polar surface area (TPSA) is 59.1 Å². The second-order valence-corrected chi connectivity index (χ2v) is 9.48. The summed E-state index contributed by atoms with van der Waals surface area (Å²) < 4.78 is 38.8. The van der Waals surface area contributed by atoms with Crippen LogP contribution in [-0.4, -0.2) is 61.6 Å². The van der Waals surface area contributed by atoms with E-state index in [0.717, 1.165) is 10.4 Å². The number of rotatable bonds is 10. The maximum Gasteiger partial charge on any atom is 0.254 e. The Morgan fingerprint density at radius 1 is 1.14 bits per heavy atom. The molecule has 1 aromatic heterocycles. The lowest BCUT2D eigenvalue weighted by molar-refractivity contribution is -0.135. The van der Waals surface area contributed by atoms with Crippen molar-refractivity contribution in [2.75, 3.05) is 40.0 Å². The second-order valence-electron chi connectivity index (χ2n) is 8.48. The Morgan fingerprint density at radius 2 is 1.97 bits per heavy atom. The maximum absolute atomic E-state index is 14.1. The van der Waals surface area contributed by atoms with Crippen molar-refractivity contribution in [3.8, 4) is 5.75 Å². The van der Waals surface area contributed by atoms with Crippen molar-refractivity contribution in [1.82, 2.24) is 9.80 Å². The average Bonchev–Trinajstić information content (AvgIpc) is 3.36. The van der Waals surface area contributed by atoms with Crippen molar-refractivity contribution in [3.63, 3.8) is 0 Å². The van der Waals surface area contributed by atoms with E-state index in [-0.39, 0.29) is 36.9 Å². The van der Waals surface area contributed by atoms with Crippen molar-refractivity contribution >= 4 is 23.2 Å². The quantitative estimate of drug-likeness (QED) is 0.368. The molecule has 0 spiro atoms. The van der Waals surface area contributed by atoms with Crippen LogP contribution in [-0.2, 0) is 16.0 Å². The number of halogens is 2. The molecule has 2 heterocycles. The molecule has 190 valence electrons. The predicted molar refractivity (Wildman–Crippen MR) is 133 cm³/mol. The Balaban J connectivity index is 1.53. The highest BCUT2D eigenvalue weighted by molar-refractivity contribution is 7.10. The van der Waals surface area contributed by atoms with Crippen LogP contribution in [0.4, 0.5) is 8.78 Å². The summed E-state index contributed by atoms with van der Waals surface area (Å²) in [5.74, 6) is -1.55. The molecule has 0 saturated carbocycles. The Bertz CT molecular complexity index is 1200. The zero-order valence-electron chi connectivity index (χ0n) is 20.0. The van der Waals surface area contributed by atoms with E-state index in [1.165, 1.54) is 35.2 Å². The monoisotopic (exact) mass is 514 g/mol. The number of methoxy groups -OCH3 is 1. The molecule has 6 nitrogen and oxygen atoms in total. The van der Waals surface area contributed by atoms with Crippen molar-refractivity contribution < 1.29 is 27.8 Å². The third-order valence-corrected chi connectivity index (χ3v) is 7.11. The number of para-hydroxylation sites is 1. The number of hydrogen-bond donors (Lipinski definition) is 0. The summed E-state index contributed by atoms with van der Waals surface area (Å²) >= 11 is 1.62. The van der Waals surface area contributed by atoms with Crippen LogP contribution >= 0.6 is 11.3 Å². The van der Waals surface area contributed by atoms with Crippen LogP contribution in [0.3, 0.4) is 0 Å². The number of nitrogens with zero attached hydrogens (tertiary/aromatic N) is 2. The van der Waals surface area contributed by atoms with Gasteiger partial charge in [-0.15, -0.1) is 11.3 Å². The summed E-state index contributed by atoms with van der Waals surface area (Å²) in [6.45, 7) is 1.06. The van der Waals surface area contributed by atoms with E-state index >= 15 is 0 Å². The minimum Gasteiger partial charge on any atom is -0.488 e. The summed E-state index contributed by atoms with van der Waals surface area (Å²) in [6, 6.07) is 13.1. The molecule has 0 saturated heterocycles. The molecule has 0 N–H and O–H groups in total. The molecule has 3 aromatic rings. The third kappa shape index (κ3) is 6.09. The van der Waals surface area contributed by atoms with Crippen LogP contribution < -0.4 is 4.74 Å². The smallest absolute Gasteiger partial charge is 0.254 e. The number of carbonyl (C=O) groups excluding carboxylic acids is 2. The predicted octanol–water partition coefficient (Wildman–Crippen LogP) is 4.71. The van der Waals surface area contributed by atoms with Crippen LogP contribution in [0, 0.1) is 11.6 Å². The summed E-state index contributed by atoms with van der Waals surface area (Å²) in [4.78, 5) is 31.0. The van der Waals surface area contributed by atoms with Crippen molar-refractivity contribution in [3.05, 3.63) is 87.6 Å². The SMILES string of the molecule is COCCCN(CC(=O)N1CCc2sccc2C1COc1ccccc1F)C(=O)c1cccc(F)c1. The molecular weight excluding hydrogens is 486 g/mol. The van der Waals surface area contributed by atoms with Gasteiger partial charge in [0.05, 0.1) is 6.04 Å². The highest BCUT2D eigenvalue weighted by Crippen LogP contribution is 2.34. The zero-order valence-corrected chi connectivity index (χ0v) is 20.8. The summed E-state index contributed by atoms with van der Waals surface area (Å²) in [5.41, 5.74) is 1.15. The first-order valence-electron chi connectivity index (χ1n) is 11.7. The van der Waals surface area contributed by atoms with E-state index in [9.17, 15) is 18.4 Å². The first-order chi connectivity index (χ1) is 17.5. The highest BCUT2D eigenvalue weighted by atomic mass is 32.1. The van der Waals surface area contributed by atoms with Crippen LogP contribution in [0.1, 0.15) is 33.3 Å². The molecule has 0 fully saturated rings. The highest BCUT2D eigenvalue weighted by Gasteiger charge is 2.33. The van der Waals surface area contributed by atoms with E-state index in [2.05, 4.69) is 0 Å². The Morgan fingerprint density at radius 3 is 2.75 bits per heavy atom. The van der Waals surface area contributed by atoms with Gasteiger partial charge in [0.15, 0.2) is 11.6 Å². The number of hydrogen-bond acceptors (Lipinski definition) is 5. The van der Waals surface area contributed by atoms with Gasteiger partial charge in [-0.2, -0.15) is 0 Å². The van der Waals surface area contributed by atoms with Gasteiger partial charge in [0.25, 0.3) is 5.91 Å². The molecule has 1 unspecified atom stereocenters. The number of amides is 2. The molecular formula is C27H28F2N2O4S. The van der Waals surface area contributed by atoms with Gasteiger partial charge < -0.3 is 19.3 Å². The molecule has 2 aromatic carbocycles. The fourth-order valence-electron chi connectivity index (χ4n) is 4.32. The number of ether oxygens (including phenoxy) is 2. The van der Waals surface area contributed by atoms with E-state index in [1.54, 1.807) is 41.5 Å². The third-order valence-electron chi connectivity index (χ3n) is 6.11. The Labute approximate surface area is 213 Å². The molecule has 9 heteroatoms. The molecule has 2 amide bonds. The largest absolute Gasteiger partial charge is 0.488 e. The van der Waals surface area contributed by atoms with E-state index in [4.69, 9.17) is 9.47 Å². The fraction of sp³-hybridized carbons (Fsp3) is 0.333. The van der Waals surface area contributed by atoms with Crippen molar-refractivity contribution in [2.45, 2.75) is 18.9 Å². The number of carbonyl (C=O) groups is 2. The van der Waals surface area contributed by atoms with E-state index in [0.29, 0.717) is 26.0 Å². The first kappa shape index (κ1) is 25.8. The standard InChI is InChI=1S/C27H28F2N2O4S/c1-34-14-5-12-30(27(33)19-6-4-7-20(28)16-19)17-26(32)31-13-10-25-21(11-15-36-25)23(31)18-35-24-9-3-2-8-22(24)29/h2-4,6-9,11,15-16,23H,5,10,12-14,17-18H2,1H3. The van der Waals surface area contributed by atoms with Gasteiger partial charge >= 0.3 is 0 Å². The maximum atomic E-state index is 14.1. The van der Waals surface area contributed by atoms with Crippen LogP contribution in [0.15, 0.2) is 60.0 Å². The average molecular weight is 515 g/mol. The summed E-state index contributed by atoms with van der Waals surface area (Å²) in [6.07, 6.45) is 1.22. The first-order valence-corrected chi connectivity index (χ1v) is 12.6. The summed E-state index contributed by atoms with van der Waals surface area (Å²) in [5, 5.41) is 1.97.